The molecule has 0 bridgehead atoms. The van der Waals surface area contributed by atoms with Crippen LogP contribution in [-0.4, -0.2) is 50.1 Å². The molecule has 0 fully saturated rings. The molecule has 0 radical (unpaired) electrons. The first-order valence-corrected chi connectivity index (χ1v) is 8.27. The molecule has 0 aliphatic rings. The van der Waals surface area contributed by atoms with Gasteiger partial charge in [-0.2, -0.15) is 0 Å². The van der Waals surface area contributed by atoms with E-state index >= 15 is 0 Å². The second kappa shape index (κ2) is 12.0. The number of hydrogen-bond acceptors (Lipinski definition) is 9. The Morgan fingerprint density at radius 2 is 1.46 bits per heavy atom. The highest BCUT2D eigenvalue weighted by Gasteiger charge is 2.14. The van der Waals surface area contributed by atoms with Crippen molar-refractivity contribution >= 4 is 28.8 Å². The molecule has 10 heteroatoms. The Hall–Kier alpha value is -3.43. The standard InChI is InChI=1S/C18H25N5O5/c1-12(20-25-3)17(23-27-5)13(2)21-28-11-15-9-7-6-8-14(15)10-16(18(19)24)22-26-4/h6-9H,10-11H2,1-5H3,(H2,19,24)/b20-12+,21-13+,22-16-,23-17-. The number of hydrogen-bond donors (Lipinski definition) is 1. The Morgan fingerprint density at radius 3 is 2.04 bits per heavy atom. The minimum atomic E-state index is -0.653. The van der Waals surface area contributed by atoms with Crippen LogP contribution in [-0.2, 0) is 37.2 Å². The summed E-state index contributed by atoms with van der Waals surface area (Å²) in [5, 5.41) is 15.4. The van der Waals surface area contributed by atoms with Gasteiger partial charge in [-0.25, -0.2) is 0 Å². The number of primary amides is 1. The number of carbonyl (C=O) groups is 1. The first-order valence-electron chi connectivity index (χ1n) is 8.27. The molecule has 1 aromatic carbocycles. The van der Waals surface area contributed by atoms with Gasteiger partial charge in [0.25, 0.3) is 5.91 Å². The fourth-order valence-corrected chi connectivity index (χ4v) is 2.23. The maximum atomic E-state index is 11.5. The predicted octanol–water partition coefficient (Wildman–Crippen LogP) is 1.63. The third-order valence-corrected chi connectivity index (χ3v) is 3.48. The van der Waals surface area contributed by atoms with Gasteiger partial charge in [-0.3, -0.25) is 4.79 Å². The van der Waals surface area contributed by atoms with Crippen molar-refractivity contribution in [1.29, 1.82) is 0 Å². The zero-order valence-electron chi connectivity index (χ0n) is 16.6. The molecule has 28 heavy (non-hydrogen) atoms. The van der Waals surface area contributed by atoms with E-state index in [2.05, 4.69) is 25.5 Å². The quantitative estimate of drug-likeness (QED) is 0.453. The average molecular weight is 391 g/mol. The summed E-state index contributed by atoms with van der Waals surface area (Å²) in [7, 11) is 4.20. The smallest absolute Gasteiger partial charge is 0.266 e. The van der Waals surface area contributed by atoms with Gasteiger partial charge in [0.15, 0.2) is 5.71 Å². The summed E-state index contributed by atoms with van der Waals surface area (Å²) in [6.45, 7) is 3.57. The molecule has 0 aliphatic heterocycles. The molecule has 0 aromatic heterocycles. The largest absolute Gasteiger partial charge is 0.399 e. The molecule has 152 valence electrons. The van der Waals surface area contributed by atoms with Gasteiger partial charge in [-0.1, -0.05) is 44.9 Å². The maximum Gasteiger partial charge on any atom is 0.266 e. The highest BCUT2D eigenvalue weighted by Crippen LogP contribution is 2.12. The number of nitrogens with two attached hydrogens (primary N) is 1. The first kappa shape index (κ1) is 22.6. The molecule has 0 unspecified atom stereocenters. The molecule has 0 saturated carbocycles. The Labute approximate surface area is 163 Å². The van der Waals surface area contributed by atoms with Crippen molar-refractivity contribution in [2.45, 2.75) is 26.9 Å². The highest BCUT2D eigenvalue weighted by atomic mass is 16.6. The van der Waals surface area contributed by atoms with Gasteiger partial charge >= 0.3 is 0 Å². The monoisotopic (exact) mass is 391 g/mol. The van der Waals surface area contributed by atoms with Crippen LogP contribution in [0.1, 0.15) is 25.0 Å². The Balaban J connectivity index is 2.94. The van der Waals surface area contributed by atoms with Crippen LogP contribution in [0.25, 0.3) is 0 Å². The van der Waals surface area contributed by atoms with Crippen molar-refractivity contribution in [2.75, 3.05) is 21.3 Å². The summed E-state index contributed by atoms with van der Waals surface area (Å²) in [4.78, 5) is 31.1. The van der Waals surface area contributed by atoms with Gasteiger partial charge in [-0.05, 0) is 25.0 Å². The third kappa shape index (κ3) is 7.06. The van der Waals surface area contributed by atoms with E-state index < -0.39 is 5.91 Å². The zero-order chi connectivity index (χ0) is 20.9. The van der Waals surface area contributed by atoms with Crippen LogP contribution in [0, 0.1) is 0 Å². The average Bonchev–Trinajstić information content (AvgIpc) is 2.66. The van der Waals surface area contributed by atoms with E-state index in [1.165, 1.54) is 21.3 Å². The van der Waals surface area contributed by atoms with Crippen LogP contribution in [0.3, 0.4) is 0 Å². The van der Waals surface area contributed by atoms with E-state index in [1.54, 1.807) is 13.8 Å². The highest BCUT2D eigenvalue weighted by molar-refractivity contribution is 6.67. The summed E-state index contributed by atoms with van der Waals surface area (Å²) in [5.74, 6) is -0.653. The van der Waals surface area contributed by atoms with E-state index in [0.717, 1.165) is 11.1 Å². The molecule has 0 spiro atoms. The lowest BCUT2D eigenvalue weighted by Gasteiger charge is -2.09. The maximum absolute atomic E-state index is 11.5. The number of benzene rings is 1. The Kier molecular flexibility index (Phi) is 9.73. The molecule has 0 heterocycles. The van der Waals surface area contributed by atoms with Gasteiger partial charge in [0, 0.05) is 6.42 Å². The summed E-state index contributed by atoms with van der Waals surface area (Å²) in [5.41, 5.74) is 8.39. The summed E-state index contributed by atoms with van der Waals surface area (Å²) in [6, 6.07) is 7.39. The molecule has 0 aliphatic carbocycles. The van der Waals surface area contributed by atoms with Crippen LogP contribution >= 0.6 is 0 Å². The molecular formula is C18H25N5O5. The Bertz CT molecular complexity index is 786. The van der Waals surface area contributed by atoms with E-state index in [0.29, 0.717) is 17.1 Å². The second-order valence-corrected chi connectivity index (χ2v) is 5.46. The number of amides is 1. The molecular weight excluding hydrogens is 366 g/mol. The normalized spacial score (nSPS) is 13.2. The Morgan fingerprint density at radius 1 is 0.893 bits per heavy atom. The van der Waals surface area contributed by atoms with Gasteiger partial charge < -0.3 is 25.1 Å². The molecule has 0 saturated heterocycles. The fraction of sp³-hybridized carbons (Fsp3) is 0.389. The minimum Gasteiger partial charge on any atom is -0.399 e. The van der Waals surface area contributed by atoms with Crippen molar-refractivity contribution in [3.63, 3.8) is 0 Å². The molecule has 1 amide bonds. The molecule has 2 N–H and O–H groups in total. The number of oxime groups is 4. The number of rotatable bonds is 11. The van der Waals surface area contributed by atoms with Crippen molar-refractivity contribution < 1.29 is 24.1 Å². The van der Waals surface area contributed by atoms with Crippen molar-refractivity contribution in [2.24, 2.45) is 26.4 Å². The summed E-state index contributed by atoms with van der Waals surface area (Å²) < 4.78 is 0. The lowest BCUT2D eigenvalue weighted by atomic mass is 10.0. The summed E-state index contributed by atoms with van der Waals surface area (Å²) in [6.07, 6.45) is 0.210. The van der Waals surface area contributed by atoms with Crippen LogP contribution in [0.2, 0.25) is 0 Å². The SMILES string of the molecule is CO/N=C(/Cc1ccccc1CO/N=C(C)/C(=N\OC)C(/C)=N/OC)C(N)=O. The topological polar surface area (TPSA) is 129 Å². The van der Waals surface area contributed by atoms with E-state index in [-0.39, 0.29) is 18.7 Å². The first-order chi connectivity index (χ1) is 13.4. The molecule has 10 nitrogen and oxygen atoms in total. The van der Waals surface area contributed by atoms with Crippen molar-refractivity contribution in [3.8, 4) is 0 Å². The van der Waals surface area contributed by atoms with E-state index in [9.17, 15) is 4.79 Å². The molecule has 1 aromatic rings. The van der Waals surface area contributed by atoms with E-state index in [4.69, 9.17) is 20.2 Å². The van der Waals surface area contributed by atoms with Gasteiger partial charge in [-0.15, -0.1) is 0 Å². The minimum absolute atomic E-state index is 0.107. The second-order valence-electron chi connectivity index (χ2n) is 5.46. The number of carbonyl (C=O) groups excluding carboxylic acids is 1. The number of nitrogens with zero attached hydrogens (tertiary/aromatic N) is 4. The van der Waals surface area contributed by atoms with Crippen molar-refractivity contribution in [1.82, 2.24) is 0 Å². The van der Waals surface area contributed by atoms with E-state index in [1.807, 2.05) is 24.3 Å². The van der Waals surface area contributed by atoms with Crippen LogP contribution in [0.5, 0.6) is 0 Å². The lowest BCUT2D eigenvalue weighted by Crippen LogP contribution is -2.26. The van der Waals surface area contributed by atoms with Gasteiger partial charge in [0.05, 0.1) is 0 Å². The van der Waals surface area contributed by atoms with Gasteiger partial charge in [0.2, 0.25) is 0 Å². The van der Waals surface area contributed by atoms with Crippen LogP contribution in [0.15, 0.2) is 44.9 Å². The van der Waals surface area contributed by atoms with Crippen LogP contribution < -0.4 is 5.73 Å². The van der Waals surface area contributed by atoms with Gasteiger partial charge in [0.1, 0.15) is 45.1 Å². The molecule has 1 rings (SSSR count). The lowest BCUT2D eigenvalue weighted by molar-refractivity contribution is -0.112. The molecule has 0 atom stereocenters. The van der Waals surface area contributed by atoms with Crippen molar-refractivity contribution in [3.05, 3.63) is 35.4 Å². The predicted molar refractivity (Wildman–Crippen MR) is 106 cm³/mol. The zero-order valence-corrected chi connectivity index (χ0v) is 16.6. The fourth-order valence-electron chi connectivity index (χ4n) is 2.23. The summed E-state index contributed by atoms with van der Waals surface area (Å²) >= 11 is 0. The third-order valence-electron chi connectivity index (χ3n) is 3.48. The van der Waals surface area contributed by atoms with Crippen LogP contribution in [0.4, 0.5) is 0 Å².